The molecule has 1 aromatic carbocycles. The van der Waals surface area contributed by atoms with Crippen molar-refractivity contribution in [1.82, 2.24) is 0 Å². The van der Waals surface area contributed by atoms with Crippen molar-refractivity contribution in [1.29, 1.82) is 0 Å². The van der Waals surface area contributed by atoms with Crippen LogP contribution in [0.5, 0.6) is 0 Å². The first-order chi connectivity index (χ1) is 21.1. The Morgan fingerprint density at radius 3 is 2.49 bits per heavy atom. The molecule has 0 radical (unpaired) electrons. The molecule has 4 saturated carbocycles. The van der Waals surface area contributed by atoms with Crippen LogP contribution >= 0.6 is 0 Å². The number of cyclic esters (lactones) is 1. The summed E-state index contributed by atoms with van der Waals surface area (Å²) in [4.78, 5) is 40.5. The second-order valence-electron chi connectivity index (χ2n) is 16.2. The number of ether oxygens (including phenoxy) is 1. The molecule has 1 aromatic rings. The molecule has 6 aliphatic rings. The van der Waals surface area contributed by atoms with Gasteiger partial charge in [-0.3, -0.25) is 9.59 Å². The average Bonchev–Trinajstić information content (AvgIpc) is 3.43. The molecule has 45 heavy (non-hydrogen) atoms. The third-order valence-electron chi connectivity index (χ3n) is 13.9. The van der Waals surface area contributed by atoms with Crippen LogP contribution in [0.1, 0.15) is 83.5 Å². The van der Waals surface area contributed by atoms with E-state index in [0.717, 1.165) is 12.8 Å². The Morgan fingerprint density at radius 2 is 1.80 bits per heavy atom. The first kappa shape index (κ1) is 30.8. The van der Waals surface area contributed by atoms with Crippen molar-refractivity contribution >= 4 is 17.5 Å². The van der Waals surface area contributed by atoms with Crippen LogP contribution in [0.3, 0.4) is 0 Å². The van der Waals surface area contributed by atoms with Gasteiger partial charge in [0.05, 0.1) is 12.7 Å². The summed E-state index contributed by atoms with van der Waals surface area (Å²) in [5, 5.41) is 33.7. The van der Waals surface area contributed by atoms with Crippen LogP contribution in [0.2, 0.25) is 0 Å². The van der Waals surface area contributed by atoms with Crippen molar-refractivity contribution < 1.29 is 34.4 Å². The lowest BCUT2D eigenvalue weighted by Crippen LogP contribution is -2.65. The van der Waals surface area contributed by atoms with E-state index in [1.807, 2.05) is 18.2 Å². The highest BCUT2D eigenvalue weighted by Crippen LogP contribution is 2.89. The molecule has 10 atom stereocenters. The summed E-state index contributed by atoms with van der Waals surface area (Å²) < 4.78 is 5.63. The highest BCUT2D eigenvalue weighted by Gasteiger charge is 2.86. The lowest BCUT2D eigenvalue weighted by molar-refractivity contribution is -0.192. The molecule has 0 amide bonds. The lowest BCUT2D eigenvalue weighted by Gasteiger charge is -2.66. The van der Waals surface area contributed by atoms with Crippen LogP contribution in [0, 0.1) is 44.8 Å². The van der Waals surface area contributed by atoms with Crippen molar-refractivity contribution in [3.05, 3.63) is 71.3 Å². The number of hydrogen-bond acceptors (Lipinski definition) is 7. The van der Waals surface area contributed by atoms with E-state index >= 15 is 0 Å². The summed E-state index contributed by atoms with van der Waals surface area (Å²) in [5.41, 5.74) is -2.21. The summed E-state index contributed by atoms with van der Waals surface area (Å²) in [5.74, 6) is -1.25. The maximum Gasteiger partial charge on any atom is 0.339 e. The van der Waals surface area contributed by atoms with Gasteiger partial charge in [-0.05, 0) is 78.4 Å². The number of hydrogen-bond donors (Lipinski definition) is 3. The molecular weight excluding hydrogens is 568 g/mol. The van der Waals surface area contributed by atoms with Gasteiger partial charge in [-0.1, -0.05) is 70.2 Å². The van der Waals surface area contributed by atoms with Crippen molar-refractivity contribution in [3.8, 4) is 0 Å². The standard InChI is InChI=1S/C38H46O7/c1-22(20-39)15-24-18-38(44,32(43)45-24)29-12-14-37-21-36(29,37)13-11-28-34(4)19-27(41)25(16-26(40)23-9-7-6-8-10-23)33(2,3)30(34)17-31(42)35(28,37)5/h6-11,13,15-16,24,28-31,39,42,44H,12,14,17-21H2,1-5H3/b22-15+,25-16+/t24-,28?,29+,30-,31+,34+,35-,36+,37+,38+/m0/s1. The largest absolute Gasteiger partial charge is 0.456 e. The third kappa shape index (κ3) is 3.78. The molecule has 0 spiro atoms. The molecule has 5 fully saturated rings. The topological polar surface area (TPSA) is 121 Å². The van der Waals surface area contributed by atoms with Crippen LogP contribution in [0.4, 0.5) is 0 Å². The molecule has 5 aliphatic carbocycles. The number of rotatable bonds is 5. The predicted octanol–water partition coefficient (Wildman–Crippen LogP) is 5.15. The number of fused-ring (bicyclic) bond motifs is 3. The van der Waals surface area contributed by atoms with Gasteiger partial charge in [-0.2, -0.15) is 0 Å². The van der Waals surface area contributed by atoms with Crippen LogP contribution in [-0.2, 0) is 14.3 Å². The quantitative estimate of drug-likeness (QED) is 0.182. The molecule has 1 heterocycles. The minimum atomic E-state index is -1.64. The van der Waals surface area contributed by atoms with Gasteiger partial charge in [-0.15, -0.1) is 0 Å². The fourth-order valence-corrected chi connectivity index (χ4v) is 11.8. The maximum absolute atomic E-state index is 14.0. The zero-order chi connectivity index (χ0) is 32.4. The second kappa shape index (κ2) is 9.58. The highest BCUT2D eigenvalue weighted by molar-refractivity contribution is 6.11. The van der Waals surface area contributed by atoms with E-state index in [2.05, 4.69) is 39.8 Å². The Hall–Kier alpha value is -2.87. The number of carbonyl (C=O) groups is 3. The van der Waals surface area contributed by atoms with Crippen molar-refractivity contribution in [2.75, 3.05) is 6.61 Å². The molecule has 0 bridgehead atoms. The number of Topliss-reactive ketones (excluding diaryl/α,β-unsaturated/α-hetero) is 1. The monoisotopic (exact) mass is 614 g/mol. The second-order valence-corrected chi connectivity index (χ2v) is 16.2. The number of carbonyl (C=O) groups excluding carboxylic acids is 3. The molecule has 7 rings (SSSR count). The van der Waals surface area contributed by atoms with Gasteiger partial charge in [0.2, 0.25) is 0 Å². The number of esters is 1. The Balaban J connectivity index is 1.24. The van der Waals surface area contributed by atoms with Gasteiger partial charge in [0.25, 0.3) is 0 Å². The van der Waals surface area contributed by atoms with Gasteiger partial charge in [0.1, 0.15) is 6.10 Å². The summed E-state index contributed by atoms with van der Waals surface area (Å²) in [7, 11) is 0. The number of benzene rings is 1. The molecule has 1 unspecified atom stereocenters. The van der Waals surface area contributed by atoms with E-state index in [1.165, 1.54) is 6.08 Å². The van der Waals surface area contributed by atoms with Gasteiger partial charge < -0.3 is 20.1 Å². The minimum absolute atomic E-state index is 0.00937. The Kier molecular flexibility index (Phi) is 6.55. The summed E-state index contributed by atoms with van der Waals surface area (Å²) >= 11 is 0. The Morgan fingerprint density at radius 1 is 1.09 bits per heavy atom. The SMILES string of the molecule is C/C(=C\[C@H]1C[C@@](O)([C@@H]2CC[C@]34C[C@]23C=CC2[C@@]4(C)[C@H](O)C[C@H]3C(C)(C)/C(=C/C(=O)c4ccccc4)C(=O)C[C@]23C)C(=O)O1)CO. The van der Waals surface area contributed by atoms with Crippen molar-refractivity contribution in [2.24, 2.45) is 44.8 Å². The number of aliphatic hydroxyl groups is 3. The van der Waals surface area contributed by atoms with E-state index < -0.39 is 45.4 Å². The van der Waals surface area contributed by atoms with Crippen molar-refractivity contribution in [3.63, 3.8) is 0 Å². The molecule has 0 aromatic heterocycles. The van der Waals surface area contributed by atoms with E-state index in [0.29, 0.717) is 36.0 Å². The van der Waals surface area contributed by atoms with Crippen molar-refractivity contribution in [2.45, 2.75) is 91.0 Å². The van der Waals surface area contributed by atoms with Gasteiger partial charge in [0, 0.05) is 40.7 Å². The molecule has 7 nitrogen and oxygen atoms in total. The summed E-state index contributed by atoms with van der Waals surface area (Å²) in [6, 6.07) is 9.01. The van der Waals surface area contributed by atoms with E-state index in [4.69, 9.17) is 4.74 Å². The number of ketones is 2. The van der Waals surface area contributed by atoms with Crippen LogP contribution in [0.15, 0.2) is 65.8 Å². The molecule has 7 heteroatoms. The van der Waals surface area contributed by atoms with Gasteiger partial charge in [-0.25, -0.2) is 4.79 Å². The summed E-state index contributed by atoms with van der Waals surface area (Å²) in [6.07, 6.45) is 9.64. The van der Waals surface area contributed by atoms with Crippen LogP contribution in [-0.4, -0.2) is 57.3 Å². The molecular formula is C38H46O7. The molecule has 3 N–H and O–H groups in total. The maximum atomic E-state index is 14.0. The fraction of sp³-hybridized carbons (Fsp3) is 0.605. The van der Waals surface area contributed by atoms with Crippen LogP contribution < -0.4 is 0 Å². The number of allylic oxidation sites excluding steroid dienone is 4. The molecule has 1 saturated heterocycles. The Labute approximate surface area is 265 Å². The smallest absolute Gasteiger partial charge is 0.339 e. The first-order valence-electron chi connectivity index (χ1n) is 16.5. The first-order valence-corrected chi connectivity index (χ1v) is 16.5. The minimum Gasteiger partial charge on any atom is -0.456 e. The van der Waals surface area contributed by atoms with E-state index in [-0.39, 0.29) is 47.8 Å². The van der Waals surface area contributed by atoms with E-state index in [9.17, 15) is 29.7 Å². The van der Waals surface area contributed by atoms with Crippen LogP contribution in [0.25, 0.3) is 0 Å². The average molecular weight is 615 g/mol. The predicted molar refractivity (Wildman–Crippen MR) is 168 cm³/mol. The zero-order valence-electron chi connectivity index (χ0n) is 27.0. The zero-order valence-corrected chi connectivity index (χ0v) is 27.0. The van der Waals surface area contributed by atoms with E-state index in [1.54, 1.807) is 25.1 Å². The molecule has 1 aliphatic heterocycles. The van der Waals surface area contributed by atoms with Gasteiger partial charge >= 0.3 is 5.97 Å². The third-order valence-corrected chi connectivity index (χ3v) is 13.9. The lowest BCUT2D eigenvalue weighted by atomic mass is 9.38. The molecule has 240 valence electrons. The Bertz CT molecular complexity index is 1570. The highest BCUT2D eigenvalue weighted by atomic mass is 16.6. The summed E-state index contributed by atoms with van der Waals surface area (Å²) in [6.45, 7) is 10.1. The fourth-order valence-electron chi connectivity index (χ4n) is 11.8. The van der Waals surface area contributed by atoms with Gasteiger partial charge in [0.15, 0.2) is 17.2 Å². The number of aliphatic hydroxyl groups excluding tert-OH is 2. The normalized spacial score (nSPS) is 47.1.